The number of benzene rings is 3. The van der Waals surface area contributed by atoms with Gasteiger partial charge in [-0.2, -0.15) is 5.10 Å². The van der Waals surface area contributed by atoms with E-state index in [1.54, 1.807) is 66.7 Å². The smallest absolute Gasteiger partial charge is 0.264 e. The summed E-state index contributed by atoms with van der Waals surface area (Å²) in [5.41, 5.74) is 3.29. The van der Waals surface area contributed by atoms with Crippen LogP contribution in [0.15, 0.2) is 107 Å². The van der Waals surface area contributed by atoms with Gasteiger partial charge in [-0.05, 0) is 73.8 Å². The van der Waals surface area contributed by atoms with Crippen LogP contribution in [0.5, 0.6) is 17.2 Å². The highest BCUT2D eigenvalue weighted by Crippen LogP contribution is 2.27. The van der Waals surface area contributed by atoms with Gasteiger partial charge in [0.2, 0.25) is 0 Å². The van der Waals surface area contributed by atoms with Crippen molar-refractivity contribution in [2.75, 3.05) is 36.9 Å². The minimum atomic E-state index is -4.09. The third-order valence-electron chi connectivity index (χ3n) is 5.47. The summed E-state index contributed by atoms with van der Waals surface area (Å²) >= 11 is 1.50. The number of nitrogens with zero attached hydrogens (tertiary/aromatic N) is 2. The molecule has 9 nitrogen and oxygen atoms in total. The highest BCUT2D eigenvalue weighted by molar-refractivity contribution is 7.98. The SMILES string of the molecule is C=CCOc1ccc(/C=N/NC(=O)CN(c2ccc(OCC)cc2)S(=O)(=O)c2ccc(SC)cc2)c(OCC=C)c1. The topological polar surface area (TPSA) is 107 Å². The molecule has 0 fully saturated rings. The zero-order valence-corrected chi connectivity index (χ0v) is 24.6. The molecule has 0 unspecified atom stereocenters. The molecule has 0 bridgehead atoms. The van der Waals surface area contributed by atoms with E-state index in [1.165, 1.54) is 30.1 Å². The third-order valence-corrected chi connectivity index (χ3v) is 8.00. The molecule has 0 aliphatic rings. The zero-order valence-electron chi connectivity index (χ0n) is 23.0. The van der Waals surface area contributed by atoms with Crippen LogP contribution in [-0.4, -0.2) is 53.2 Å². The Balaban J connectivity index is 1.83. The van der Waals surface area contributed by atoms with Crippen LogP contribution in [0.1, 0.15) is 12.5 Å². The molecule has 3 rings (SSSR count). The number of carbonyl (C=O) groups excluding carboxylic acids is 1. The Morgan fingerprint density at radius 3 is 2.24 bits per heavy atom. The van der Waals surface area contributed by atoms with Crippen LogP contribution < -0.4 is 23.9 Å². The molecule has 1 N–H and O–H groups in total. The molecular formula is C30H33N3O6S2. The summed E-state index contributed by atoms with van der Waals surface area (Å²) in [5, 5.41) is 4.03. The van der Waals surface area contributed by atoms with Gasteiger partial charge in [0.05, 0.1) is 23.4 Å². The number of hydrogen-bond donors (Lipinski definition) is 1. The summed E-state index contributed by atoms with van der Waals surface area (Å²) in [5.74, 6) is 0.991. The molecule has 0 radical (unpaired) electrons. The average Bonchev–Trinajstić information content (AvgIpc) is 2.99. The van der Waals surface area contributed by atoms with Crippen LogP contribution in [0.25, 0.3) is 0 Å². The average molecular weight is 596 g/mol. The summed E-state index contributed by atoms with van der Waals surface area (Å²) in [7, 11) is -4.09. The fourth-order valence-electron chi connectivity index (χ4n) is 3.54. The van der Waals surface area contributed by atoms with Crippen molar-refractivity contribution < 1.29 is 27.4 Å². The lowest BCUT2D eigenvalue weighted by Crippen LogP contribution is -2.39. The lowest BCUT2D eigenvalue weighted by Gasteiger charge is -2.24. The maximum atomic E-state index is 13.7. The van der Waals surface area contributed by atoms with Crippen LogP contribution in [0.3, 0.4) is 0 Å². The minimum absolute atomic E-state index is 0.0586. The summed E-state index contributed by atoms with van der Waals surface area (Å²) in [6.45, 7) is 9.69. The van der Waals surface area contributed by atoms with Gasteiger partial charge in [0.25, 0.3) is 15.9 Å². The van der Waals surface area contributed by atoms with Crippen molar-refractivity contribution in [1.29, 1.82) is 0 Å². The predicted octanol–water partition coefficient (Wildman–Crippen LogP) is 5.28. The van der Waals surface area contributed by atoms with E-state index in [-0.39, 0.29) is 11.5 Å². The van der Waals surface area contributed by atoms with Crippen molar-refractivity contribution in [2.24, 2.45) is 5.10 Å². The van der Waals surface area contributed by atoms with Gasteiger partial charge in [-0.3, -0.25) is 9.10 Å². The van der Waals surface area contributed by atoms with Crippen molar-refractivity contribution in [3.63, 3.8) is 0 Å². The van der Waals surface area contributed by atoms with Crippen molar-refractivity contribution in [3.05, 3.63) is 97.6 Å². The first kappa shape index (κ1) is 31.3. The lowest BCUT2D eigenvalue weighted by molar-refractivity contribution is -0.119. The number of anilines is 1. The quantitative estimate of drug-likeness (QED) is 0.104. The van der Waals surface area contributed by atoms with E-state index in [0.717, 1.165) is 9.20 Å². The van der Waals surface area contributed by atoms with Gasteiger partial charge >= 0.3 is 0 Å². The normalized spacial score (nSPS) is 11.1. The Morgan fingerprint density at radius 1 is 0.951 bits per heavy atom. The third kappa shape index (κ3) is 8.89. The Hall–Kier alpha value is -4.22. The van der Waals surface area contributed by atoms with Crippen molar-refractivity contribution >= 4 is 39.6 Å². The first-order chi connectivity index (χ1) is 19.8. The zero-order chi connectivity index (χ0) is 29.7. The Bertz CT molecular complexity index is 1460. The number of rotatable bonds is 16. The molecule has 3 aromatic carbocycles. The largest absolute Gasteiger partial charge is 0.494 e. The minimum Gasteiger partial charge on any atom is -0.494 e. The second-order valence-corrected chi connectivity index (χ2v) is 11.0. The van der Waals surface area contributed by atoms with E-state index in [2.05, 4.69) is 23.7 Å². The molecule has 0 spiro atoms. The number of sulfonamides is 1. The van der Waals surface area contributed by atoms with E-state index in [0.29, 0.717) is 41.7 Å². The highest BCUT2D eigenvalue weighted by Gasteiger charge is 2.27. The fraction of sp³-hybridized carbons (Fsp3) is 0.200. The van der Waals surface area contributed by atoms with Gasteiger partial charge in [0.15, 0.2) is 0 Å². The van der Waals surface area contributed by atoms with E-state index >= 15 is 0 Å². The van der Waals surface area contributed by atoms with Gasteiger partial charge in [-0.15, -0.1) is 11.8 Å². The summed E-state index contributed by atoms with van der Waals surface area (Å²) in [6.07, 6.45) is 6.54. The molecule has 0 atom stereocenters. The number of carbonyl (C=O) groups is 1. The van der Waals surface area contributed by atoms with Crippen LogP contribution in [0, 0.1) is 0 Å². The second kappa shape index (κ2) is 15.5. The highest BCUT2D eigenvalue weighted by atomic mass is 32.2. The van der Waals surface area contributed by atoms with Crippen LogP contribution in [0.4, 0.5) is 5.69 Å². The monoisotopic (exact) mass is 595 g/mol. The molecule has 0 heterocycles. The number of amides is 1. The van der Waals surface area contributed by atoms with E-state index in [1.807, 2.05) is 13.2 Å². The molecule has 0 aromatic heterocycles. The van der Waals surface area contributed by atoms with Crippen molar-refractivity contribution in [3.8, 4) is 17.2 Å². The number of thioether (sulfide) groups is 1. The number of ether oxygens (including phenoxy) is 3. The second-order valence-electron chi connectivity index (χ2n) is 8.31. The van der Waals surface area contributed by atoms with E-state index in [9.17, 15) is 13.2 Å². The lowest BCUT2D eigenvalue weighted by atomic mass is 10.2. The number of nitrogens with one attached hydrogen (secondary N) is 1. The summed E-state index contributed by atoms with van der Waals surface area (Å²) in [6, 6.07) is 18.1. The molecule has 41 heavy (non-hydrogen) atoms. The molecule has 216 valence electrons. The first-order valence-electron chi connectivity index (χ1n) is 12.6. The predicted molar refractivity (Wildman–Crippen MR) is 164 cm³/mol. The number of hydrogen-bond acceptors (Lipinski definition) is 8. The van der Waals surface area contributed by atoms with Gasteiger partial charge in [-0.25, -0.2) is 13.8 Å². The molecule has 0 saturated heterocycles. The molecule has 0 aliphatic heterocycles. The Labute approximate surface area is 245 Å². The molecule has 0 aliphatic carbocycles. The Kier molecular flexibility index (Phi) is 11.9. The van der Waals surface area contributed by atoms with Crippen LogP contribution >= 0.6 is 11.8 Å². The summed E-state index contributed by atoms with van der Waals surface area (Å²) < 4.78 is 45.1. The summed E-state index contributed by atoms with van der Waals surface area (Å²) in [4.78, 5) is 13.9. The Morgan fingerprint density at radius 2 is 1.61 bits per heavy atom. The number of hydrazone groups is 1. The van der Waals surface area contributed by atoms with Gasteiger partial charge < -0.3 is 14.2 Å². The van der Waals surface area contributed by atoms with Gasteiger partial charge in [0.1, 0.15) is 37.0 Å². The van der Waals surface area contributed by atoms with Gasteiger partial charge in [0, 0.05) is 16.5 Å². The molecular weight excluding hydrogens is 562 g/mol. The van der Waals surface area contributed by atoms with Crippen molar-refractivity contribution in [2.45, 2.75) is 16.7 Å². The molecule has 11 heteroatoms. The van der Waals surface area contributed by atoms with Gasteiger partial charge in [-0.1, -0.05) is 25.3 Å². The van der Waals surface area contributed by atoms with Crippen LogP contribution in [0.2, 0.25) is 0 Å². The van der Waals surface area contributed by atoms with Crippen molar-refractivity contribution in [1.82, 2.24) is 5.43 Å². The van der Waals surface area contributed by atoms with E-state index in [4.69, 9.17) is 14.2 Å². The standard InChI is InChI=1S/C30H33N3O6S2/c1-5-18-38-26-11-8-23(29(20-26)39-19-6-2)21-31-32-30(34)22-33(24-9-12-25(13-10-24)37-7-3)41(35,36)28-16-14-27(40-4)15-17-28/h5-6,8-17,20-21H,1-2,7,18-19,22H2,3-4H3,(H,32,34)/b31-21+. The fourth-order valence-corrected chi connectivity index (χ4v) is 5.37. The molecule has 0 saturated carbocycles. The maximum absolute atomic E-state index is 13.7. The first-order valence-corrected chi connectivity index (χ1v) is 15.3. The van der Waals surface area contributed by atoms with Crippen LogP contribution in [-0.2, 0) is 14.8 Å². The van der Waals surface area contributed by atoms with E-state index < -0.39 is 22.5 Å². The maximum Gasteiger partial charge on any atom is 0.264 e. The molecule has 1 amide bonds. The molecule has 3 aromatic rings.